The van der Waals surface area contributed by atoms with E-state index in [0.29, 0.717) is 6.54 Å². The molecule has 0 bridgehead atoms. The average Bonchev–Trinajstić information content (AvgIpc) is 3.10. The second-order valence-electron chi connectivity index (χ2n) is 4.07. The molecule has 16 heavy (non-hydrogen) atoms. The standard InChI is InChI=1S/C11H20BrNO3/c1-15-11(14)10(12)7-13-5-2-6-16-8-9-3-4-9/h9-10,13H,2-8H2,1H3. The maximum Gasteiger partial charge on any atom is 0.320 e. The summed E-state index contributed by atoms with van der Waals surface area (Å²) < 4.78 is 10.1. The Kier molecular flexibility index (Phi) is 7.00. The van der Waals surface area contributed by atoms with Crippen LogP contribution in [-0.2, 0) is 14.3 Å². The predicted octanol–water partition coefficient (Wildman–Crippen LogP) is 1.33. The summed E-state index contributed by atoms with van der Waals surface area (Å²) in [7, 11) is 1.39. The Bertz CT molecular complexity index is 209. The third kappa shape index (κ3) is 6.45. The molecule has 0 radical (unpaired) electrons. The van der Waals surface area contributed by atoms with Crippen molar-refractivity contribution >= 4 is 21.9 Å². The molecule has 0 saturated heterocycles. The van der Waals surface area contributed by atoms with Crippen LogP contribution < -0.4 is 5.32 Å². The van der Waals surface area contributed by atoms with E-state index in [1.54, 1.807) is 0 Å². The highest BCUT2D eigenvalue weighted by Gasteiger charge is 2.20. The van der Waals surface area contributed by atoms with E-state index in [-0.39, 0.29) is 10.8 Å². The summed E-state index contributed by atoms with van der Waals surface area (Å²) >= 11 is 3.25. The summed E-state index contributed by atoms with van der Waals surface area (Å²) in [5, 5.41) is 3.18. The first-order chi connectivity index (χ1) is 7.74. The van der Waals surface area contributed by atoms with Gasteiger partial charge in [-0.3, -0.25) is 4.79 Å². The molecule has 1 N–H and O–H groups in total. The molecule has 1 fully saturated rings. The van der Waals surface area contributed by atoms with Crippen molar-refractivity contribution in [2.75, 3.05) is 33.4 Å². The Labute approximate surface area is 105 Å². The number of carbonyl (C=O) groups excluding carboxylic acids is 1. The molecule has 1 saturated carbocycles. The van der Waals surface area contributed by atoms with Gasteiger partial charge in [0.05, 0.1) is 7.11 Å². The Hall–Kier alpha value is -0.130. The number of nitrogens with one attached hydrogen (secondary N) is 1. The van der Waals surface area contributed by atoms with Gasteiger partial charge in [-0.1, -0.05) is 15.9 Å². The largest absolute Gasteiger partial charge is 0.468 e. The Morgan fingerprint density at radius 1 is 1.56 bits per heavy atom. The molecule has 0 aromatic heterocycles. The number of alkyl halides is 1. The van der Waals surface area contributed by atoms with Gasteiger partial charge in [0, 0.05) is 19.8 Å². The number of ether oxygens (including phenoxy) is 2. The minimum Gasteiger partial charge on any atom is -0.468 e. The molecule has 4 nitrogen and oxygen atoms in total. The van der Waals surface area contributed by atoms with Gasteiger partial charge in [0.15, 0.2) is 0 Å². The molecule has 1 atom stereocenters. The summed E-state index contributed by atoms with van der Waals surface area (Å²) in [5.74, 6) is 0.594. The lowest BCUT2D eigenvalue weighted by molar-refractivity contribution is -0.139. The van der Waals surface area contributed by atoms with Crippen molar-refractivity contribution in [2.45, 2.75) is 24.1 Å². The fourth-order valence-electron chi connectivity index (χ4n) is 1.27. The first kappa shape index (κ1) is 13.9. The molecule has 94 valence electrons. The van der Waals surface area contributed by atoms with Crippen molar-refractivity contribution < 1.29 is 14.3 Å². The second-order valence-corrected chi connectivity index (χ2v) is 5.17. The molecule has 0 spiro atoms. The molecule has 0 aromatic rings. The molecule has 1 rings (SSSR count). The molecule has 5 heteroatoms. The van der Waals surface area contributed by atoms with E-state index in [1.807, 2.05) is 0 Å². The van der Waals surface area contributed by atoms with Gasteiger partial charge >= 0.3 is 5.97 Å². The van der Waals surface area contributed by atoms with Gasteiger partial charge in [-0.2, -0.15) is 0 Å². The highest BCUT2D eigenvalue weighted by molar-refractivity contribution is 9.10. The van der Waals surface area contributed by atoms with E-state index in [4.69, 9.17) is 4.74 Å². The van der Waals surface area contributed by atoms with Gasteiger partial charge in [-0.05, 0) is 31.7 Å². The van der Waals surface area contributed by atoms with Gasteiger partial charge in [0.2, 0.25) is 0 Å². The quantitative estimate of drug-likeness (QED) is 0.396. The number of hydrogen-bond acceptors (Lipinski definition) is 4. The van der Waals surface area contributed by atoms with Crippen molar-refractivity contribution in [1.82, 2.24) is 5.32 Å². The lowest BCUT2D eigenvalue weighted by Crippen LogP contribution is -2.30. The van der Waals surface area contributed by atoms with E-state index in [9.17, 15) is 4.79 Å². The first-order valence-corrected chi connectivity index (χ1v) is 6.66. The summed E-state index contributed by atoms with van der Waals surface area (Å²) in [5.41, 5.74) is 0. The van der Waals surface area contributed by atoms with Crippen LogP contribution >= 0.6 is 15.9 Å². The van der Waals surface area contributed by atoms with Crippen LogP contribution in [0.5, 0.6) is 0 Å². The summed E-state index contributed by atoms with van der Waals surface area (Å²) in [6, 6.07) is 0. The highest BCUT2D eigenvalue weighted by Crippen LogP contribution is 2.28. The minimum absolute atomic E-state index is 0.238. The zero-order valence-corrected chi connectivity index (χ0v) is 11.3. The molecular formula is C11H20BrNO3. The molecule has 1 aliphatic rings. The molecule has 0 aliphatic heterocycles. The van der Waals surface area contributed by atoms with Crippen LogP contribution in [0.15, 0.2) is 0 Å². The van der Waals surface area contributed by atoms with Crippen molar-refractivity contribution in [3.63, 3.8) is 0 Å². The summed E-state index contributed by atoms with van der Waals surface area (Å²) in [4.78, 5) is 10.8. The van der Waals surface area contributed by atoms with Crippen molar-refractivity contribution in [3.8, 4) is 0 Å². The molecule has 0 amide bonds. The van der Waals surface area contributed by atoms with Gasteiger partial charge < -0.3 is 14.8 Å². The van der Waals surface area contributed by atoms with E-state index in [1.165, 1.54) is 20.0 Å². The van der Waals surface area contributed by atoms with Gasteiger partial charge in [-0.15, -0.1) is 0 Å². The average molecular weight is 294 g/mol. The van der Waals surface area contributed by atoms with E-state index < -0.39 is 0 Å². The number of halogens is 1. The normalized spacial score (nSPS) is 17.1. The molecular weight excluding hydrogens is 274 g/mol. The SMILES string of the molecule is COC(=O)C(Br)CNCCCOCC1CC1. The topological polar surface area (TPSA) is 47.6 Å². The third-order valence-electron chi connectivity index (χ3n) is 2.47. The second kappa shape index (κ2) is 8.03. The Morgan fingerprint density at radius 3 is 2.94 bits per heavy atom. The molecule has 1 aliphatic carbocycles. The smallest absolute Gasteiger partial charge is 0.320 e. The molecule has 0 aromatic carbocycles. The summed E-state index contributed by atoms with van der Waals surface area (Å²) in [6.45, 7) is 3.18. The van der Waals surface area contributed by atoms with Crippen LogP contribution in [0, 0.1) is 5.92 Å². The fraction of sp³-hybridized carbons (Fsp3) is 0.909. The van der Waals surface area contributed by atoms with Crippen LogP contribution in [0.2, 0.25) is 0 Å². The monoisotopic (exact) mass is 293 g/mol. The number of rotatable bonds is 9. The van der Waals surface area contributed by atoms with Crippen LogP contribution in [0.3, 0.4) is 0 Å². The number of methoxy groups -OCH3 is 1. The van der Waals surface area contributed by atoms with Crippen molar-refractivity contribution in [2.24, 2.45) is 5.92 Å². The van der Waals surface area contributed by atoms with Crippen molar-refractivity contribution in [1.29, 1.82) is 0 Å². The van der Waals surface area contributed by atoms with Gasteiger partial charge in [0.1, 0.15) is 4.83 Å². The highest BCUT2D eigenvalue weighted by atomic mass is 79.9. The zero-order valence-electron chi connectivity index (χ0n) is 9.71. The van der Waals surface area contributed by atoms with Crippen LogP contribution in [-0.4, -0.2) is 44.2 Å². The maximum absolute atomic E-state index is 11.0. The predicted molar refractivity (Wildman–Crippen MR) is 65.8 cm³/mol. The van der Waals surface area contributed by atoms with Gasteiger partial charge in [0.25, 0.3) is 0 Å². The lowest BCUT2D eigenvalue weighted by Gasteiger charge is -2.09. The van der Waals surface area contributed by atoms with Crippen LogP contribution in [0.4, 0.5) is 0 Å². The van der Waals surface area contributed by atoms with E-state index in [0.717, 1.165) is 32.1 Å². The number of carbonyl (C=O) groups is 1. The molecule has 1 unspecified atom stereocenters. The molecule has 0 heterocycles. The number of hydrogen-bond donors (Lipinski definition) is 1. The number of esters is 1. The maximum atomic E-state index is 11.0. The van der Waals surface area contributed by atoms with Crippen LogP contribution in [0.1, 0.15) is 19.3 Å². The van der Waals surface area contributed by atoms with E-state index in [2.05, 4.69) is 26.0 Å². The Morgan fingerprint density at radius 2 is 2.31 bits per heavy atom. The van der Waals surface area contributed by atoms with E-state index >= 15 is 0 Å². The van der Waals surface area contributed by atoms with Crippen LogP contribution in [0.25, 0.3) is 0 Å². The van der Waals surface area contributed by atoms with Gasteiger partial charge in [-0.25, -0.2) is 0 Å². The lowest BCUT2D eigenvalue weighted by atomic mass is 10.4. The minimum atomic E-state index is -0.259. The third-order valence-corrected chi connectivity index (χ3v) is 3.17. The fourth-order valence-corrected chi connectivity index (χ4v) is 1.69. The zero-order chi connectivity index (χ0) is 11.8. The Balaban J connectivity index is 1.81. The first-order valence-electron chi connectivity index (χ1n) is 5.74. The summed E-state index contributed by atoms with van der Waals surface area (Å²) in [6.07, 6.45) is 3.65. The van der Waals surface area contributed by atoms with Crippen molar-refractivity contribution in [3.05, 3.63) is 0 Å².